The number of hydrogen-bond acceptors (Lipinski definition) is 5. The van der Waals surface area contributed by atoms with Crippen molar-refractivity contribution in [3.63, 3.8) is 0 Å². The summed E-state index contributed by atoms with van der Waals surface area (Å²) in [4.78, 5) is 15.9. The smallest absolute Gasteiger partial charge is 0.230 e. The first kappa shape index (κ1) is 26.4. The van der Waals surface area contributed by atoms with Crippen molar-refractivity contribution in [3.8, 4) is 11.4 Å². The molecule has 202 valence electrons. The Balaban J connectivity index is 1.32. The molecule has 0 radical (unpaired) electrons. The normalized spacial score (nSPS) is 23.7. The summed E-state index contributed by atoms with van der Waals surface area (Å²) < 4.78 is 7.21. The standard InChI is InChI=1S/C31H40N4O3/c1-21-17-26(13-16-30(21)38-3)24-9-7-23(8-10-24)20-34(31(37)25-11-14-29(36)15-12-25)27-5-4-6-28(18-27)35-19-22(2)32-33-35/h4-6,13,16-19,23-25,29,36H,7-12,14-15,20H2,1-3H3/t23-,24-,25-,29-. The van der Waals surface area contributed by atoms with Crippen LogP contribution in [0.3, 0.4) is 0 Å². The van der Waals surface area contributed by atoms with Gasteiger partial charge in [0.1, 0.15) is 5.75 Å². The summed E-state index contributed by atoms with van der Waals surface area (Å²) in [7, 11) is 1.72. The summed E-state index contributed by atoms with van der Waals surface area (Å²) in [6.45, 7) is 4.76. The summed E-state index contributed by atoms with van der Waals surface area (Å²) in [6.07, 6.45) is 9.00. The fourth-order valence-corrected chi connectivity index (χ4v) is 6.23. The lowest BCUT2D eigenvalue weighted by atomic mass is 9.78. The molecule has 0 aliphatic heterocycles. The Kier molecular flexibility index (Phi) is 8.12. The number of methoxy groups -OCH3 is 1. The molecule has 0 saturated heterocycles. The molecule has 38 heavy (non-hydrogen) atoms. The maximum absolute atomic E-state index is 13.9. The summed E-state index contributed by atoms with van der Waals surface area (Å²) in [5, 5.41) is 18.4. The fraction of sp³-hybridized carbons (Fsp3) is 0.516. The van der Waals surface area contributed by atoms with Gasteiger partial charge in [-0.05, 0) is 112 Å². The minimum absolute atomic E-state index is 0.0331. The molecule has 1 aromatic heterocycles. The summed E-state index contributed by atoms with van der Waals surface area (Å²) >= 11 is 0. The lowest BCUT2D eigenvalue weighted by molar-refractivity contribution is -0.124. The van der Waals surface area contributed by atoms with E-state index in [9.17, 15) is 9.90 Å². The second-order valence-electron chi connectivity index (χ2n) is 11.2. The maximum atomic E-state index is 13.9. The number of aliphatic hydroxyl groups excluding tert-OH is 1. The van der Waals surface area contributed by atoms with E-state index in [-0.39, 0.29) is 17.9 Å². The van der Waals surface area contributed by atoms with Crippen LogP contribution >= 0.6 is 0 Å². The zero-order valence-electron chi connectivity index (χ0n) is 22.8. The summed E-state index contributed by atoms with van der Waals surface area (Å²) in [5.74, 6) is 2.11. The first-order valence-corrected chi connectivity index (χ1v) is 14.0. The first-order chi connectivity index (χ1) is 18.4. The van der Waals surface area contributed by atoms with Crippen molar-refractivity contribution < 1.29 is 14.6 Å². The largest absolute Gasteiger partial charge is 0.496 e. The van der Waals surface area contributed by atoms with Crippen LogP contribution in [0.1, 0.15) is 74.1 Å². The highest BCUT2D eigenvalue weighted by Gasteiger charge is 2.32. The van der Waals surface area contributed by atoms with Crippen LogP contribution in [-0.4, -0.2) is 45.8 Å². The van der Waals surface area contributed by atoms with Crippen LogP contribution in [-0.2, 0) is 4.79 Å². The van der Waals surface area contributed by atoms with E-state index in [0.717, 1.165) is 67.9 Å². The molecule has 1 amide bonds. The van der Waals surface area contributed by atoms with Gasteiger partial charge in [0.15, 0.2) is 0 Å². The second kappa shape index (κ2) is 11.7. The van der Waals surface area contributed by atoms with Crippen molar-refractivity contribution in [1.29, 1.82) is 0 Å². The number of hydrogen-bond donors (Lipinski definition) is 1. The van der Waals surface area contributed by atoms with Crippen molar-refractivity contribution in [1.82, 2.24) is 15.0 Å². The minimum Gasteiger partial charge on any atom is -0.496 e. The van der Waals surface area contributed by atoms with Gasteiger partial charge in [0.05, 0.1) is 30.8 Å². The number of nitrogens with zero attached hydrogens (tertiary/aromatic N) is 4. The molecule has 2 saturated carbocycles. The first-order valence-electron chi connectivity index (χ1n) is 14.0. The maximum Gasteiger partial charge on any atom is 0.230 e. The molecule has 7 heteroatoms. The van der Waals surface area contributed by atoms with Gasteiger partial charge in [-0.3, -0.25) is 4.79 Å². The number of benzene rings is 2. The van der Waals surface area contributed by atoms with Crippen LogP contribution in [0.5, 0.6) is 5.75 Å². The summed E-state index contributed by atoms with van der Waals surface area (Å²) in [5.41, 5.74) is 5.25. The van der Waals surface area contributed by atoms with E-state index in [0.29, 0.717) is 24.7 Å². The van der Waals surface area contributed by atoms with Gasteiger partial charge in [-0.15, -0.1) is 5.10 Å². The minimum atomic E-state index is -0.275. The number of aromatic nitrogens is 3. The van der Waals surface area contributed by atoms with Gasteiger partial charge in [-0.25, -0.2) is 4.68 Å². The highest BCUT2D eigenvalue weighted by Crippen LogP contribution is 2.38. The van der Waals surface area contributed by atoms with Gasteiger partial charge >= 0.3 is 0 Å². The molecule has 0 unspecified atom stereocenters. The van der Waals surface area contributed by atoms with Crippen LogP contribution in [0.4, 0.5) is 5.69 Å². The third kappa shape index (κ3) is 5.93. The Bertz CT molecular complexity index is 1240. The van der Waals surface area contributed by atoms with E-state index in [4.69, 9.17) is 4.74 Å². The molecule has 3 aromatic rings. The third-order valence-electron chi connectivity index (χ3n) is 8.50. The average molecular weight is 517 g/mol. The Labute approximate surface area is 225 Å². The van der Waals surface area contributed by atoms with Crippen molar-refractivity contribution in [2.75, 3.05) is 18.6 Å². The zero-order chi connectivity index (χ0) is 26.6. The van der Waals surface area contributed by atoms with Gasteiger partial charge in [0.2, 0.25) is 5.91 Å². The predicted molar refractivity (Wildman–Crippen MR) is 149 cm³/mol. The molecule has 5 rings (SSSR count). The van der Waals surface area contributed by atoms with Gasteiger partial charge in [0.25, 0.3) is 0 Å². The second-order valence-corrected chi connectivity index (χ2v) is 11.2. The number of aliphatic hydroxyl groups is 1. The van der Waals surface area contributed by atoms with E-state index in [1.165, 1.54) is 11.1 Å². The molecule has 2 fully saturated rings. The Morgan fingerprint density at radius 3 is 2.45 bits per heavy atom. The van der Waals surface area contributed by atoms with Crippen molar-refractivity contribution in [2.24, 2.45) is 11.8 Å². The van der Waals surface area contributed by atoms with Crippen LogP contribution in [0.25, 0.3) is 5.69 Å². The van der Waals surface area contributed by atoms with Crippen molar-refractivity contribution in [3.05, 3.63) is 65.5 Å². The Morgan fingerprint density at radius 2 is 1.79 bits per heavy atom. The number of amides is 1. The summed E-state index contributed by atoms with van der Waals surface area (Å²) in [6, 6.07) is 14.6. The van der Waals surface area contributed by atoms with Crippen LogP contribution in [0.15, 0.2) is 48.7 Å². The molecule has 1 N–H and O–H groups in total. The van der Waals surface area contributed by atoms with Gasteiger partial charge < -0.3 is 14.7 Å². The van der Waals surface area contributed by atoms with Crippen LogP contribution in [0.2, 0.25) is 0 Å². The van der Waals surface area contributed by atoms with E-state index in [1.807, 2.05) is 36.2 Å². The van der Waals surface area contributed by atoms with Crippen LogP contribution in [0, 0.1) is 25.7 Å². The monoisotopic (exact) mass is 516 g/mol. The molecule has 7 nitrogen and oxygen atoms in total. The molecular formula is C31H40N4O3. The quantitative estimate of drug-likeness (QED) is 0.432. The SMILES string of the molecule is COc1ccc([C@H]2CC[C@H](CN(c3cccc(-n4cc(C)nn4)c3)C(=O)[C@H]3CC[C@H](O)CC3)CC2)cc1C. The topological polar surface area (TPSA) is 80.5 Å². The molecular weight excluding hydrogens is 476 g/mol. The van der Waals surface area contributed by atoms with E-state index >= 15 is 0 Å². The number of aryl methyl sites for hydroxylation is 2. The molecule has 2 aromatic carbocycles. The van der Waals surface area contributed by atoms with Gasteiger partial charge in [0, 0.05) is 18.2 Å². The van der Waals surface area contributed by atoms with E-state index in [2.05, 4.69) is 41.5 Å². The third-order valence-corrected chi connectivity index (χ3v) is 8.50. The number of ether oxygens (including phenoxy) is 1. The number of anilines is 1. The van der Waals surface area contributed by atoms with E-state index in [1.54, 1.807) is 11.8 Å². The molecule has 0 bridgehead atoms. The number of carbonyl (C=O) groups is 1. The van der Waals surface area contributed by atoms with E-state index < -0.39 is 0 Å². The van der Waals surface area contributed by atoms with Crippen LogP contribution < -0.4 is 9.64 Å². The molecule has 0 atom stereocenters. The average Bonchev–Trinajstić information content (AvgIpc) is 3.38. The predicted octanol–water partition coefficient (Wildman–Crippen LogP) is 5.75. The van der Waals surface area contributed by atoms with Crippen molar-refractivity contribution in [2.45, 2.75) is 77.2 Å². The lowest BCUT2D eigenvalue weighted by Crippen LogP contribution is -2.41. The zero-order valence-corrected chi connectivity index (χ0v) is 22.8. The number of rotatable bonds is 7. The molecule has 2 aliphatic rings. The van der Waals surface area contributed by atoms with Crippen molar-refractivity contribution >= 4 is 11.6 Å². The van der Waals surface area contributed by atoms with Gasteiger partial charge in [-0.2, -0.15) is 0 Å². The fourth-order valence-electron chi connectivity index (χ4n) is 6.23. The Hall–Kier alpha value is -3.19. The Morgan fingerprint density at radius 1 is 1.03 bits per heavy atom. The molecule has 1 heterocycles. The number of carbonyl (C=O) groups excluding carboxylic acids is 1. The highest BCUT2D eigenvalue weighted by molar-refractivity contribution is 5.95. The lowest BCUT2D eigenvalue weighted by Gasteiger charge is -2.36. The molecule has 0 spiro atoms. The van der Waals surface area contributed by atoms with Gasteiger partial charge in [-0.1, -0.05) is 23.4 Å². The highest BCUT2D eigenvalue weighted by atomic mass is 16.5. The molecule has 2 aliphatic carbocycles.